The number of aromatic nitrogens is 3. The highest BCUT2D eigenvalue weighted by atomic mass is 15.3. The molecule has 0 saturated heterocycles. The van der Waals surface area contributed by atoms with Gasteiger partial charge in [-0.05, 0) is 18.2 Å². The highest BCUT2D eigenvalue weighted by Gasteiger charge is 2.05. The molecule has 0 aliphatic heterocycles. The summed E-state index contributed by atoms with van der Waals surface area (Å²) < 4.78 is 1.67. The van der Waals surface area contributed by atoms with Crippen LogP contribution in [0.25, 0.3) is 22.2 Å². The lowest BCUT2D eigenvalue weighted by molar-refractivity contribution is 0.782. The molecule has 0 amide bonds. The summed E-state index contributed by atoms with van der Waals surface area (Å²) in [5.41, 5.74) is 8.70. The lowest BCUT2D eigenvalue weighted by Crippen LogP contribution is -1.96. The van der Waals surface area contributed by atoms with Crippen molar-refractivity contribution in [2.75, 3.05) is 5.73 Å². The van der Waals surface area contributed by atoms with E-state index in [4.69, 9.17) is 5.73 Å². The third-order valence-electron chi connectivity index (χ3n) is 2.81. The van der Waals surface area contributed by atoms with Gasteiger partial charge < -0.3 is 5.73 Å². The Morgan fingerprint density at radius 2 is 2.06 bits per heavy atom. The molecule has 0 aliphatic carbocycles. The maximum absolute atomic E-state index is 5.78. The summed E-state index contributed by atoms with van der Waals surface area (Å²) in [6.07, 6.45) is 1.79. The first kappa shape index (κ1) is 9.84. The topological polar surface area (TPSA) is 56.7 Å². The normalized spacial score (nSPS) is 10.9. The molecule has 0 spiro atoms. The molecular weight excluding hydrogens is 212 g/mol. The van der Waals surface area contributed by atoms with Crippen LogP contribution in [0.1, 0.15) is 0 Å². The Morgan fingerprint density at radius 1 is 1.18 bits per heavy atom. The number of pyridine rings is 1. The highest BCUT2D eigenvalue weighted by Crippen LogP contribution is 2.23. The minimum Gasteiger partial charge on any atom is -0.384 e. The molecule has 0 radical (unpaired) electrons. The Hall–Kier alpha value is -2.36. The lowest BCUT2D eigenvalue weighted by Gasteiger charge is -1.99. The van der Waals surface area contributed by atoms with Gasteiger partial charge in [-0.1, -0.05) is 12.1 Å². The Labute approximate surface area is 98.7 Å². The fourth-order valence-electron chi connectivity index (χ4n) is 1.86. The van der Waals surface area contributed by atoms with Crippen LogP contribution in [0.3, 0.4) is 0 Å². The standard InChI is InChI=1S/C13H12N4/c1-17-13(14)8-12(16-17)10-4-5-11-9(7-10)3-2-6-15-11/h2-8H,14H2,1H3. The SMILES string of the molecule is Cn1nc(-c2ccc3ncccc3c2)cc1N. The Balaban J connectivity index is 2.17. The van der Waals surface area contributed by atoms with Crippen molar-refractivity contribution in [3.05, 3.63) is 42.6 Å². The van der Waals surface area contributed by atoms with E-state index < -0.39 is 0 Å². The van der Waals surface area contributed by atoms with Crippen LogP contribution in [0.2, 0.25) is 0 Å². The van der Waals surface area contributed by atoms with Gasteiger partial charge in [-0.15, -0.1) is 0 Å². The van der Waals surface area contributed by atoms with E-state index in [9.17, 15) is 0 Å². The summed E-state index contributed by atoms with van der Waals surface area (Å²) in [5, 5.41) is 5.46. The smallest absolute Gasteiger partial charge is 0.121 e. The van der Waals surface area contributed by atoms with Gasteiger partial charge in [0.15, 0.2) is 0 Å². The third kappa shape index (κ3) is 1.63. The summed E-state index contributed by atoms with van der Waals surface area (Å²) in [6, 6.07) is 11.9. The fraction of sp³-hybridized carbons (Fsp3) is 0.0769. The molecule has 2 N–H and O–H groups in total. The van der Waals surface area contributed by atoms with Crippen molar-refractivity contribution >= 4 is 16.7 Å². The average Bonchev–Trinajstić information content (AvgIpc) is 2.69. The molecule has 0 bridgehead atoms. The van der Waals surface area contributed by atoms with E-state index in [0.717, 1.165) is 22.2 Å². The molecular formula is C13H12N4. The van der Waals surface area contributed by atoms with Gasteiger partial charge >= 0.3 is 0 Å². The number of anilines is 1. The van der Waals surface area contributed by atoms with Crippen molar-refractivity contribution in [3.8, 4) is 11.3 Å². The highest BCUT2D eigenvalue weighted by molar-refractivity contribution is 5.83. The summed E-state index contributed by atoms with van der Waals surface area (Å²) in [6.45, 7) is 0. The number of hydrogen-bond acceptors (Lipinski definition) is 3. The monoisotopic (exact) mass is 224 g/mol. The Bertz CT molecular complexity index is 665. The molecule has 17 heavy (non-hydrogen) atoms. The maximum Gasteiger partial charge on any atom is 0.121 e. The van der Waals surface area contributed by atoms with Gasteiger partial charge in [-0.2, -0.15) is 5.10 Å². The van der Waals surface area contributed by atoms with Gasteiger partial charge in [-0.3, -0.25) is 9.67 Å². The van der Waals surface area contributed by atoms with E-state index in [2.05, 4.69) is 16.1 Å². The fourth-order valence-corrected chi connectivity index (χ4v) is 1.86. The van der Waals surface area contributed by atoms with Crippen molar-refractivity contribution in [1.82, 2.24) is 14.8 Å². The zero-order valence-electron chi connectivity index (χ0n) is 9.46. The van der Waals surface area contributed by atoms with Crippen LogP contribution >= 0.6 is 0 Å². The quantitative estimate of drug-likeness (QED) is 0.689. The van der Waals surface area contributed by atoms with E-state index in [1.165, 1.54) is 0 Å². The van der Waals surface area contributed by atoms with Gasteiger partial charge in [0, 0.05) is 30.3 Å². The van der Waals surface area contributed by atoms with E-state index in [1.807, 2.05) is 37.4 Å². The number of fused-ring (bicyclic) bond motifs is 1. The molecule has 4 nitrogen and oxygen atoms in total. The van der Waals surface area contributed by atoms with Crippen LogP contribution < -0.4 is 5.73 Å². The predicted octanol–water partition coefficient (Wildman–Crippen LogP) is 2.22. The average molecular weight is 224 g/mol. The summed E-state index contributed by atoms with van der Waals surface area (Å²) in [5.74, 6) is 0.659. The van der Waals surface area contributed by atoms with Crippen molar-refractivity contribution in [3.63, 3.8) is 0 Å². The predicted molar refractivity (Wildman–Crippen MR) is 68.4 cm³/mol. The Morgan fingerprint density at radius 3 is 2.82 bits per heavy atom. The first-order valence-corrected chi connectivity index (χ1v) is 5.39. The second-order valence-electron chi connectivity index (χ2n) is 3.99. The molecule has 4 heteroatoms. The van der Waals surface area contributed by atoms with Crippen LogP contribution in [-0.2, 0) is 7.05 Å². The second kappa shape index (κ2) is 3.59. The minimum atomic E-state index is 0.659. The molecule has 2 heterocycles. The van der Waals surface area contributed by atoms with Crippen molar-refractivity contribution < 1.29 is 0 Å². The zero-order valence-corrected chi connectivity index (χ0v) is 9.46. The first-order valence-electron chi connectivity index (χ1n) is 5.39. The number of nitrogen functional groups attached to an aromatic ring is 1. The third-order valence-corrected chi connectivity index (χ3v) is 2.81. The number of hydrogen-bond donors (Lipinski definition) is 1. The van der Waals surface area contributed by atoms with Gasteiger partial charge in [0.1, 0.15) is 5.82 Å². The lowest BCUT2D eigenvalue weighted by atomic mass is 10.1. The number of nitrogens with two attached hydrogens (primary N) is 1. The molecule has 3 aromatic rings. The molecule has 2 aromatic heterocycles. The van der Waals surface area contributed by atoms with E-state index in [-0.39, 0.29) is 0 Å². The van der Waals surface area contributed by atoms with Crippen molar-refractivity contribution in [1.29, 1.82) is 0 Å². The molecule has 0 saturated carbocycles. The molecule has 3 rings (SSSR count). The van der Waals surface area contributed by atoms with Crippen LogP contribution in [0, 0.1) is 0 Å². The number of aryl methyl sites for hydroxylation is 1. The van der Waals surface area contributed by atoms with Gasteiger partial charge in [0.25, 0.3) is 0 Å². The van der Waals surface area contributed by atoms with Crippen LogP contribution in [0.5, 0.6) is 0 Å². The summed E-state index contributed by atoms with van der Waals surface area (Å²) in [4.78, 5) is 4.29. The first-order chi connectivity index (χ1) is 8.24. The van der Waals surface area contributed by atoms with Gasteiger partial charge in [0.2, 0.25) is 0 Å². The number of nitrogens with zero attached hydrogens (tertiary/aromatic N) is 3. The van der Waals surface area contributed by atoms with Crippen molar-refractivity contribution in [2.24, 2.45) is 7.05 Å². The molecule has 0 unspecified atom stereocenters. The van der Waals surface area contributed by atoms with Gasteiger partial charge in [-0.25, -0.2) is 0 Å². The van der Waals surface area contributed by atoms with E-state index in [0.29, 0.717) is 5.82 Å². The van der Waals surface area contributed by atoms with E-state index >= 15 is 0 Å². The largest absolute Gasteiger partial charge is 0.384 e. The Kier molecular flexibility index (Phi) is 2.08. The van der Waals surface area contributed by atoms with Gasteiger partial charge in [0.05, 0.1) is 11.2 Å². The molecule has 0 fully saturated rings. The van der Waals surface area contributed by atoms with Crippen LogP contribution in [0.15, 0.2) is 42.6 Å². The molecule has 0 aliphatic rings. The van der Waals surface area contributed by atoms with E-state index in [1.54, 1.807) is 10.9 Å². The minimum absolute atomic E-state index is 0.659. The second-order valence-corrected chi connectivity index (χ2v) is 3.99. The summed E-state index contributed by atoms with van der Waals surface area (Å²) >= 11 is 0. The van der Waals surface area contributed by atoms with Crippen LogP contribution in [0.4, 0.5) is 5.82 Å². The zero-order chi connectivity index (χ0) is 11.8. The number of benzene rings is 1. The molecule has 1 aromatic carbocycles. The molecule has 0 atom stereocenters. The van der Waals surface area contributed by atoms with Crippen LogP contribution in [-0.4, -0.2) is 14.8 Å². The van der Waals surface area contributed by atoms with Crippen molar-refractivity contribution in [2.45, 2.75) is 0 Å². The number of rotatable bonds is 1. The maximum atomic E-state index is 5.78. The summed E-state index contributed by atoms with van der Waals surface area (Å²) in [7, 11) is 1.83. The molecule has 84 valence electrons.